The molecule has 0 spiro atoms. The zero-order chi connectivity index (χ0) is 17.6. The summed E-state index contributed by atoms with van der Waals surface area (Å²) < 4.78 is 13.7. The third kappa shape index (κ3) is 4.33. The Kier molecular flexibility index (Phi) is 5.26. The lowest BCUT2D eigenvalue weighted by molar-refractivity contribution is 0.102. The van der Waals surface area contributed by atoms with Crippen molar-refractivity contribution in [2.24, 2.45) is 0 Å². The van der Waals surface area contributed by atoms with E-state index in [0.29, 0.717) is 23.1 Å². The molecule has 6 heteroatoms. The summed E-state index contributed by atoms with van der Waals surface area (Å²) in [6.45, 7) is 0.511. The van der Waals surface area contributed by atoms with E-state index in [4.69, 9.17) is 11.6 Å². The van der Waals surface area contributed by atoms with Gasteiger partial charge in [-0.3, -0.25) is 4.79 Å². The highest BCUT2D eigenvalue weighted by Gasteiger charge is 2.13. The van der Waals surface area contributed by atoms with E-state index in [-0.39, 0.29) is 5.56 Å². The number of hydrogen-bond acceptors (Lipinski definition) is 3. The number of nitrogens with zero attached hydrogens (tertiary/aromatic N) is 1. The average molecular weight is 356 g/mol. The Morgan fingerprint density at radius 2 is 1.80 bits per heavy atom. The molecule has 2 aromatic carbocycles. The highest BCUT2D eigenvalue weighted by atomic mass is 35.5. The van der Waals surface area contributed by atoms with E-state index in [0.717, 1.165) is 5.56 Å². The number of anilines is 2. The van der Waals surface area contributed by atoms with E-state index in [1.807, 2.05) is 12.1 Å². The summed E-state index contributed by atoms with van der Waals surface area (Å²) in [4.78, 5) is 16.5. The first-order valence-corrected chi connectivity index (χ1v) is 8.00. The lowest BCUT2D eigenvalue weighted by atomic mass is 10.2. The second kappa shape index (κ2) is 7.77. The minimum Gasteiger partial charge on any atom is -0.364 e. The molecule has 1 aromatic heterocycles. The van der Waals surface area contributed by atoms with E-state index in [1.54, 1.807) is 36.5 Å². The van der Waals surface area contributed by atoms with Crippen molar-refractivity contribution < 1.29 is 9.18 Å². The molecule has 0 saturated carbocycles. The van der Waals surface area contributed by atoms with Crippen LogP contribution in [-0.2, 0) is 6.54 Å². The van der Waals surface area contributed by atoms with Gasteiger partial charge in [0.1, 0.15) is 11.6 Å². The number of carbonyl (C=O) groups excluding carboxylic acids is 1. The third-order valence-corrected chi connectivity index (χ3v) is 3.80. The number of benzene rings is 2. The molecule has 0 fully saturated rings. The molecule has 25 heavy (non-hydrogen) atoms. The van der Waals surface area contributed by atoms with Gasteiger partial charge in [-0.2, -0.15) is 0 Å². The van der Waals surface area contributed by atoms with Crippen molar-refractivity contribution in [3.8, 4) is 0 Å². The maximum absolute atomic E-state index is 13.7. The van der Waals surface area contributed by atoms with Gasteiger partial charge in [-0.1, -0.05) is 35.9 Å². The van der Waals surface area contributed by atoms with Crippen LogP contribution in [0.5, 0.6) is 0 Å². The first-order chi connectivity index (χ1) is 12.1. The van der Waals surface area contributed by atoms with E-state index in [1.165, 1.54) is 18.2 Å². The fourth-order valence-corrected chi connectivity index (χ4v) is 2.40. The van der Waals surface area contributed by atoms with Gasteiger partial charge >= 0.3 is 0 Å². The van der Waals surface area contributed by atoms with Gasteiger partial charge in [-0.05, 0) is 42.0 Å². The molecule has 3 rings (SSSR count). The molecule has 2 N–H and O–H groups in total. The molecule has 4 nitrogen and oxygen atoms in total. The maximum Gasteiger partial charge on any atom is 0.258 e. The predicted octanol–water partition coefficient (Wildman–Crippen LogP) is 4.74. The Balaban J connectivity index is 1.73. The van der Waals surface area contributed by atoms with Gasteiger partial charge in [-0.25, -0.2) is 9.37 Å². The summed E-state index contributed by atoms with van der Waals surface area (Å²) in [5, 5.41) is 6.51. The van der Waals surface area contributed by atoms with Crippen molar-refractivity contribution >= 4 is 29.0 Å². The van der Waals surface area contributed by atoms with Crippen molar-refractivity contribution in [2.75, 3.05) is 10.6 Å². The van der Waals surface area contributed by atoms with Crippen LogP contribution in [0.25, 0.3) is 0 Å². The van der Waals surface area contributed by atoms with Crippen molar-refractivity contribution in [2.45, 2.75) is 6.54 Å². The number of pyridine rings is 1. The first kappa shape index (κ1) is 16.9. The molecule has 0 aliphatic carbocycles. The van der Waals surface area contributed by atoms with Crippen LogP contribution in [0.1, 0.15) is 15.9 Å². The molecule has 3 aromatic rings. The van der Waals surface area contributed by atoms with Crippen LogP contribution in [-0.4, -0.2) is 10.9 Å². The van der Waals surface area contributed by atoms with Crippen molar-refractivity contribution in [1.29, 1.82) is 0 Å². The van der Waals surface area contributed by atoms with Gasteiger partial charge in [0.05, 0.1) is 11.3 Å². The van der Waals surface area contributed by atoms with Crippen LogP contribution in [0.4, 0.5) is 15.9 Å². The van der Waals surface area contributed by atoms with Crippen LogP contribution in [0, 0.1) is 5.82 Å². The van der Waals surface area contributed by atoms with E-state index >= 15 is 0 Å². The van der Waals surface area contributed by atoms with E-state index in [2.05, 4.69) is 15.6 Å². The zero-order valence-corrected chi connectivity index (χ0v) is 13.9. The van der Waals surface area contributed by atoms with E-state index in [9.17, 15) is 9.18 Å². The largest absolute Gasteiger partial charge is 0.364 e. The summed E-state index contributed by atoms with van der Waals surface area (Å²) >= 11 is 5.87. The lowest BCUT2D eigenvalue weighted by Gasteiger charge is -2.12. The van der Waals surface area contributed by atoms with Gasteiger partial charge in [0.25, 0.3) is 5.91 Å². The normalized spacial score (nSPS) is 10.3. The molecular formula is C19H15ClFN3O. The van der Waals surface area contributed by atoms with Gasteiger partial charge in [0.2, 0.25) is 0 Å². The SMILES string of the molecule is O=C(Nc1cccnc1NCc1ccc(Cl)cc1)c1ccccc1F. The number of rotatable bonds is 5. The van der Waals surface area contributed by atoms with Gasteiger partial charge < -0.3 is 10.6 Å². The van der Waals surface area contributed by atoms with Crippen LogP contribution in [0.3, 0.4) is 0 Å². The molecule has 0 aliphatic heterocycles. The first-order valence-electron chi connectivity index (χ1n) is 7.63. The topological polar surface area (TPSA) is 54.0 Å². The fraction of sp³-hybridized carbons (Fsp3) is 0.0526. The second-order valence-electron chi connectivity index (χ2n) is 5.31. The van der Waals surface area contributed by atoms with Crippen LogP contribution in [0.2, 0.25) is 5.02 Å². The summed E-state index contributed by atoms with van der Waals surface area (Å²) in [6.07, 6.45) is 1.61. The van der Waals surface area contributed by atoms with Crippen molar-refractivity contribution in [1.82, 2.24) is 4.98 Å². The number of hydrogen-bond donors (Lipinski definition) is 2. The zero-order valence-electron chi connectivity index (χ0n) is 13.2. The Morgan fingerprint density at radius 3 is 2.56 bits per heavy atom. The third-order valence-electron chi connectivity index (χ3n) is 3.55. The fourth-order valence-electron chi connectivity index (χ4n) is 2.27. The minimum atomic E-state index is -0.570. The molecule has 1 heterocycles. The van der Waals surface area contributed by atoms with Gasteiger partial charge in [0.15, 0.2) is 0 Å². The highest BCUT2D eigenvalue weighted by molar-refractivity contribution is 6.30. The molecular weight excluding hydrogens is 341 g/mol. The highest BCUT2D eigenvalue weighted by Crippen LogP contribution is 2.20. The van der Waals surface area contributed by atoms with Crippen molar-refractivity contribution in [3.05, 3.63) is 88.8 Å². The number of carbonyl (C=O) groups is 1. The Morgan fingerprint density at radius 1 is 1.04 bits per heavy atom. The summed E-state index contributed by atoms with van der Waals surface area (Å²) in [5.41, 5.74) is 1.47. The minimum absolute atomic E-state index is 0.0185. The van der Waals surface area contributed by atoms with Crippen LogP contribution < -0.4 is 10.6 Å². The van der Waals surface area contributed by atoms with Crippen LogP contribution in [0.15, 0.2) is 66.9 Å². The summed E-state index contributed by atoms with van der Waals surface area (Å²) in [6, 6.07) is 16.6. The molecule has 0 saturated heterocycles. The average Bonchev–Trinajstić information content (AvgIpc) is 2.62. The van der Waals surface area contributed by atoms with Crippen LogP contribution >= 0.6 is 11.6 Å². The smallest absolute Gasteiger partial charge is 0.258 e. The molecule has 0 aliphatic rings. The quantitative estimate of drug-likeness (QED) is 0.695. The van der Waals surface area contributed by atoms with Crippen molar-refractivity contribution in [3.63, 3.8) is 0 Å². The molecule has 0 atom stereocenters. The Hall–Kier alpha value is -2.92. The number of amides is 1. The van der Waals surface area contributed by atoms with Gasteiger partial charge in [0, 0.05) is 17.8 Å². The number of nitrogens with one attached hydrogen (secondary N) is 2. The summed E-state index contributed by atoms with van der Waals surface area (Å²) in [5.74, 6) is -0.595. The number of halogens is 2. The Labute approximate surface area is 149 Å². The van der Waals surface area contributed by atoms with Gasteiger partial charge in [-0.15, -0.1) is 0 Å². The van der Waals surface area contributed by atoms with E-state index < -0.39 is 11.7 Å². The molecule has 0 unspecified atom stereocenters. The number of aromatic nitrogens is 1. The predicted molar refractivity (Wildman–Crippen MR) is 97.4 cm³/mol. The monoisotopic (exact) mass is 355 g/mol. The lowest BCUT2D eigenvalue weighted by Crippen LogP contribution is -2.15. The Bertz CT molecular complexity index is 884. The molecule has 126 valence electrons. The second-order valence-corrected chi connectivity index (χ2v) is 5.75. The molecule has 0 bridgehead atoms. The molecule has 1 amide bonds. The maximum atomic E-state index is 13.7. The molecule has 0 radical (unpaired) electrons. The standard InChI is InChI=1S/C19H15ClFN3O/c20-14-9-7-13(8-10-14)12-23-18-17(6-3-11-22-18)24-19(25)15-4-1-2-5-16(15)21/h1-11H,12H2,(H,22,23)(H,24,25). The summed E-state index contributed by atoms with van der Waals surface area (Å²) in [7, 11) is 0.